The molecule has 1 saturated heterocycles. The van der Waals surface area contributed by atoms with Crippen LogP contribution in [-0.4, -0.2) is 41.0 Å². The van der Waals surface area contributed by atoms with E-state index < -0.39 is 0 Å². The van der Waals surface area contributed by atoms with E-state index in [-0.39, 0.29) is 24.3 Å². The normalized spacial score (nSPS) is 17.8. The van der Waals surface area contributed by atoms with Crippen molar-refractivity contribution in [1.29, 1.82) is 0 Å². The van der Waals surface area contributed by atoms with Gasteiger partial charge in [-0.2, -0.15) is 0 Å². The summed E-state index contributed by atoms with van der Waals surface area (Å²) in [7, 11) is 3.49. The molecule has 1 amide bonds. The second-order valence-electron chi connectivity index (χ2n) is 6.50. The number of amides is 1. The number of hydrogen-bond donors (Lipinski definition) is 1. The van der Waals surface area contributed by atoms with Crippen molar-refractivity contribution in [3.05, 3.63) is 34.2 Å². The van der Waals surface area contributed by atoms with E-state index in [4.69, 9.17) is 9.47 Å². The fourth-order valence-corrected chi connectivity index (χ4v) is 3.14. The Bertz CT molecular complexity index is 802. The van der Waals surface area contributed by atoms with Gasteiger partial charge in [-0.15, -0.1) is 0 Å². The van der Waals surface area contributed by atoms with Crippen LogP contribution < -0.4 is 11.0 Å². The van der Waals surface area contributed by atoms with E-state index in [1.54, 1.807) is 23.2 Å². The molecule has 1 fully saturated rings. The van der Waals surface area contributed by atoms with Gasteiger partial charge in [0.05, 0.1) is 23.7 Å². The number of rotatable bonds is 6. The van der Waals surface area contributed by atoms with Crippen LogP contribution in [0.15, 0.2) is 23.0 Å². The monoisotopic (exact) mass is 347 g/mol. The minimum Gasteiger partial charge on any atom is -0.376 e. The zero-order chi connectivity index (χ0) is 17.8. The SMILES string of the molecule is Cn1c(=O)n(C)c2cc(CNC(=O)COCC3CCCCO3)ccc21. The van der Waals surface area contributed by atoms with Crippen LogP contribution in [0.2, 0.25) is 0 Å². The molecule has 1 aliphatic rings. The van der Waals surface area contributed by atoms with Crippen LogP contribution in [0.4, 0.5) is 0 Å². The topological polar surface area (TPSA) is 74.5 Å². The second kappa shape index (κ2) is 7.84. The lowest BCUT2D eigenvalue weighted by atomic mass is 10.1. The van der Waals surface area contributed by atoms with Crippen molar-refractivity contribution in [1.82, 2.24) is 14.5 Å². The lowest BCUT2D eigenvalue weighted by Gasteiger charge is -2.22. The summed E-state index contributed by atoms with van der Waals surface area (Å²) in [6.07, 6.45) is 3.37. The second-order valence-corrected chi connectivity index (χ2v) is 6.50. The maximum Gasteiger partial charge on any atom is 0.328 e. The van der Waals surface area contributed by atoms with Crippen LogP contribution in [0.25, 0.3) is 11.0 Å². The van der Waals surface area contributed by atoms with Crippen LogP contribution in [-0.2, 0) is 34.9 Å². The van der Waals surface area contributed by atoms with Crippen molar-refractivity contribution in [2.45, 2.75) is 31.9 Å². The van der Waals surface area contributed by atoms with Crippen molar-refractivity contribution >= 4 is 16.9 Å². The number of carbonyl (C=O) groups is 1. The molecule has 7 heteroatoms. The van der Waals surface area contributed by atoms with Crippen molar-refractivity contribution in [2.75, 3.05) is 19.8 Å². The highest BCUT2D eigenvalue weighted by Gasteiger charge is 2.14. The molecule has 3 rings (SSSR count). The number of aryl methyl sites for hydroxylation is 2. The number of fused-ring (bicyclic) bond motifs is 1. The Hall–Kier alpha value is -2.12. The Morgan fingerprint density at radius 2 is 2.08 bits per heavy atom. The first-order valence-electron chi connectivity index (χ1n) is 8.66. The molecule has 1 N–H and O–H groups in total. The third kappa shape index (κ3) is 4.11. The summed E-state index contributed by atoms with van der Waals surface area (Å²) in [4.78, 5) is 23.9. The van der Waals surface area contributed by atoms with Gasteiger partial charge in [0.2, 0.25) is 5.91 Å². The van der Waals surface area contributed by atoms with Crippen molar-refractivity contribution in [2.24, 2.45) is 14.1 Å². The first-order chi connectivity index (χ1) is 12.1. The van der Waals surface area contributed by atoms with Gasteiger partial charge in [0.1, 0.15) is 6.61 Å². The molecule has 0 saturated carbocycles. The molecule has 136 valence electrons. The highest BCUT2D eigenvalue weighted by atomic mass is 16.5. The highest BCUT2D eigenvalue weighted by Crippen LogP contribution is 2.14. The summed E-state index contributed by atoms with van der Waals surface area (Å²) in [6, 6.07) is 5.74. The van der Waals surface area contributed by atoms with Crippen LogP contribution in [0.1, 0.15) is 24.8 Å². The molecule has 2 heterocycles. The molecule has 0 radical (unpaired) electrons. The Morgan fingerprint density at radius 3 is 2.84 bits per heavy atom. The van der Waals surface area contributed by atoms with E-state index >= 15 is 0 Å². The fourth-order valence-electron chi connectivity index (χ4n) is 3.14. The number of hydrogen-bond acceptors (Lipinski definition) is 4. The van der Waals surface area contributed by atoms with E-state index in [2.05, 4.69) is 5.32 Å². The lowest BCUT2D eigenvalue weighted by Crippen LogP contribution is -2.30. The van der Waals surface area contributed by atoms with Gasteiger partial charge in [0, 0.05) is 27.2 Å². The van der Waals surface area contributed by atoms with Crippen LogP contribution in [0.5, 0.6) is 0 Å². The van der Waals surface area contributed by atoms with Crippen LogP contribution in [0.3, 0.4) is 0 Å². The van der Waals surface area contributed by atoms with Gasteiger partial charge in [-0.25, -0.2) is 4.79 Å². The maximum absolute atomic E-state index is 11.9. The van der Waals surface area contributed by atoms with Gasteiger partial charge < -0.3 is 14.8 Å². The summed E-state index contributed by atoms with van der Waals surface area (Å²) in [5.41, 5.74) is 2.61. The molecule has 0 aliphatic carbocycles. The number of aromatic nitrogens is 2. The number of nitrogens with one attached hydrogen (secondary N) is 1. The Labute approximate surface area is 146 Å². The van der Waals surface area contributed by atoms with Gasteiger partial charge >= 0.3 is 5.69 Å². The Morgan fingerprint density at radius 1 is 1.28 bits per heavy atom. The predicted molar refractivity (Wildman–Crippen MR) is 94.4 cm³/mol. The zero-order valence-electron chi connectivity index (χ0n) is 14.8. The molecule has 1 aliphatic heterocycles. The standard InChI is InChI=1S/C18H25N3O4/c1-20-15-7-6-13(9-16(15)21(2)18(20)23)10-19-17(22)12-24-11-14-5-3-4-8-25-14/h6-7,9,14H,3-5,8,10-12H2,1-2H3,(H,19,22). The predicted octanol–water partition coefficient (Wildman–Crippen LogP) is 1.08. The molecule has 1 unspecified atom stereocenters. The molecule has 7 nitrogen and oxygen atoms in total. The minimum absolute atomic E-state index is 0.0337. The molecule has 1 atom stereocenters. The van der Waals surface area contributed by atoms with Crippen molar-refractivity contribution in [3.63, 3.8) is 0 Å². The van der Waals surface area contributed by atoms with Gasteiger partial charge in [0.25, 0.3) is 0 Å². The molecular formula is C18H25N3O4. The van der Waals surface area contributed by atoms with E-state index in [1.165, 1.54) is 0 Å². The summed E-state index contributed by atoms with van der Waals surface area (Å²) in [6.45, 7) is 1.68. The smallest absolute Gasteiger partial charge is 0.328 e. The van der Waals surface area contributed by atoms with E-state index in [0.29, 0.717) is 13.2 Å². The maximum atomic E-state index is 11.9. The number of nitrogens with zero attached hydrogens (tertiary/aromatic N) is 2. The third-order valence-corrected chi connectivity index (χ3v) is 4.64. The quantitative estimate of drug-likeness (QED) is 0.848. The average Bonchev–Trinajstić information content (AvgIpc) is 2.85. The third-order valence-electron chi connectivity index (χ3n) is 4.64. The number of carbonyl (C=O) groups excluding carboxylic acids is 1. The summed E-state index contributed by atoms with van der Waals surface area (Å²) in [5.74, 6) is -0.155. The molecule has 0 bridgehead atoms. The molecule has 25 heavy (non-hydrogen) atoms. The van der Waals surface area contributed by atoms with Gasteiger partial charge in [-0.1, -0.05) is 6.07 Å². The molecule has 1 aromatic heterocycles. The van der Waals surface area contributed by atoms with Crippen LogP contribution in [0, 0.1) is 0 Å². The zero-order valence-corrected chi connectivity index (χ0v) is 14.8. The van der Waals surface area contributed by atoms with Crippen molar-refractivity contribution < 1.29 is 14.3 Å². The molecule has 2 aromatic rings. The average molecular weight is 347 g/mol. The number of imidazole rings is 1. The Balaban J connectivity index is 1.49. The first-order valence-corrected chi connectivity index (χ1v) is 8.66. The lowest BCUT2D eigenvalue weighted by molar-refractivity contribution is -0.128. The number of ether oxygens (including phenoxy) is 2. The molecular weight excluding hydrogens is 322 g/mol. The molecule has 0 spiro atoms. The summed E-state index contributed by atoms with van der Waals surface area (Å²) >= 11 is 0. The van der Waals surface area contributed by atoms with Crippen LogP contribution >= 0.6 is 0 Å². The van der Waals surface area contributed by atoms with Crippen molar-refractivity contribution in [3.8, 4) is 0 Å². The van der Waals surface area contributed by atoms with Gasteiger partial charge in [-0.05, 0) is 37.0 Å². The van der Waals surface area contributed by atoms with E-state index in [0.717, 1.165) is 42.5 Å². The largest absolute Gasteiger partial charge is 0.376 e. The first kappa shape index (κ1) is 17.7. The van der Waals surface area contributed by atoms with E-state index in [9.17, 15) is 9.59 Å². The highest BCUT2D eigenvalue weighted by molar-refractivity contribution is 5.78. The minimum atomic E-state index is -0.155. The summed E-state index contributed by atoms with van der Waals surface area (Å²) < 4.78 is 14.2. The van der Waals surface area contributed by atoms with Gasteiger partial charge in [-0.3, -0.25) is 13.9 Å². The summed E-state index contributed by atoms with van der Waals surface area (Å²) in [5, 5.41) is 2.84. The fraction of sp³-hybridized carbons (Fsp3) is 0.556. The van der Waals surface area contributed by atoms with E-state index in [1.807, 2.05) is 18.2 Å². The Kier molecular flexibility index (Phi) is 5.55. The molecule has 1 aromatic carbocycles. The van der Waals surface area contributed by atoms with Gasteiger partial charge in [0.15, 0.2) is 0 Å². The number of benzene rings is 1.